The third-order valence-electron chi connectivity index (χ3n) is 2.67. The second-order valence-electron chi connectivity index (χ2n) is 3.73. The van der Waals surface area contributed by atoms with Crippen LogP contribution in [0.3, 0.4) is 0 Å². The average molecular weight is 211 g/mol. The van der Waals surface area contributed by atoms with Gasteiger partial charge in [0.15, 0.2) is 0 Å². The van der Waals surface area contributed by atoms with Gasteiger partial charge in [0.25, 0.3) is 0 Å². The molecule has 15 heavy (non-hydrogen) atoms. The fraction of sp³-hybridized carbons (Fsp3) is 0.636. The maximum Gasteiger partial charge on any atom is 0.331 e. The van der Waals surface area contributed by atoms with Gasteiger partial charge in [-0.15, -0.1) is 0 Å². The molecular weight excluding hydrogens is 194 g/mol. The van der Waals surface area contributed by atoms with Crippen molar-refractivity contribution in [1.82, 2.24) is 4.90 Å². The van der Waals surface area contributed by atoms with Crippen molar-refractivity contribution in [2.24, 2.45) is 0 Å². The van der Waals surface area contributed by atoms with E-state index in [4.69, 9.17) is 5.11 Å². The molecular formula is C11H17NO3. The molecule has 1 saturated heterocycles. The molecule has 4 heteroatoms. The molecule has 0 unspecified atom stereocenters. The first-order valence-corrected chi connectivity index (χ1v) is 5.30. The van der Waals surface area contributed by atoms with Crippen LogP contribution in [0.1, 0.15) is 26.2 Å². The standard InChI is InChI=1S/C11H17NO3/c1-2-9(11(14)15)3-6-12-7-4-10(13)5-8-12/h3H,2,4-8H2,1H3,(H,14,15). The monoisotopic (exact) mass is 211 g/mol. The van der Waals surface area contributed by atoms with Crippen LogP contribution in [-0.4, -0.2) is 41.4 Å². The van der Waals surface area contributed by atoms with E-state index >= 15 is 0 Å². The van der Waals surface area contributed by atoms with Crippen molar-refractivity contribution in [3.63, 3.8) is 0 Å². The first-order chi connectivity index (χ1) is 7.13. The minimum absolute atomic E-state index is 0.309. The minimum atomic E-state index is -0.842. The van der Waals surface area contributed by atoms with Gasteiger partial charge in [-0.25, -0.2) is 4.79 Å². The highest BCUT2D eigenvalue weighted by atomic mass is 16.4. The number of carbonyl (C=O) groups is 2. The topological polar surface area (TPSA) is 57.6 Å². The molecule has 0 amide bonds. The van der Waals surface area contributed by atoms with Crippen LogP contribution in [0.15, 0.2) is 11.6 Å². The second-order valence-corrected chi connectivity index (χ2v) is 3.73. The van der Waals surface area contributed by atoms with E-state index in [9.17, 15) is 9.59 Å². The summed E-state index contributed by atoms with van der Waals surface area (Å²) in [5, 5.41) is 8.80. The smallest absolute Gasteiger partial charge is 0.331 e. The molecule has 0 spiro atoms. The van der Waals surface area contributed by atoms with Crippen LogP contribution in [0.5, 0.6) is 0 Å². The first kappa shape index (κ1) is 11.9. The van der Waals surface area contributed by atoms with Crippen molar-refractivity contribution in [1.29, 1.82) is 0 Å². The molecule has 0 bridgehead atoms. The zero-order valence-electron chi connectivity index (χ0n) is 9.03. The van der Waals surface area contributed by atoms with Crippen LogP contribution in [0, 0.1) is 0 Å². The summed E-state index contributed by atoms with van der Waals surface area (Å²) in [5.41, 5.74) is 0.451. The highest BCUT2D eigenvalue weighted by molar-refractivity contribution is 5.86. The fourth-order valence-electron chi connectivity index (χ4n) is 1.61. The Morgan fingerprint density at radius 1 is 1.47 bits per heavy atom. The molecule has 0 aromatic rings. The Labute approximate surface area is 89.6 Å². The number of hydrogen-bond acceptors (Lipinski definition) is 3. The molecule has 0 atom stereocenters. The summed E-state index contributed by atoms with van der Waals surface area (Å²) in [5.74, 6) is -0.533. The number of carboxylic acids is 1. The molecule has 1 fully saturated rings. The van der Waals surface area contributed by atoms with Gasteiger partial charge in [0.05, 0.1) is 0 Å². The number of aliphatic carboxylic acids is 1. The fourth-order valence-corrected chi connectivity index (χ4v) is 1.61. The van der Waals surface area contributed by atoms with Crippen LogP contribution < -0.4 is 0 Å². The molecule has 0 radical (unpaired) electrons. The summed E-state index contributed by atoms with van der Waals surface area (Å²) in [6.45, 7) is 3.99. The predicted molar refractivity (Wildman–Crippen MR) is 56.7 cm³/mol. The molecule has 1 N–H and O–H groups in total. The van der Waals surface area contributed by atoms with Gasteiger partial charge >= 0.3 is 5.97 Å². The van der Waals surface area contributed by atoms with Gasteiger partial charge in [-0.1, -0.05) is 13.0 Å². The number of carboxylic acid groups (broad SMARTS) is 1. The van der Waals surface area contributed by atoms with Crippen molar-refractivity contribution >= 4 is 11.8 Å². The second kappa shape index (κ2) is 5.66. The third-order valence-corrected chi connectivity index (χ3v) is 2.67. The molecule has 1 rings (SSSR count). The van der Waals surface area contributed by atoms with Gasteiger partial charge in [0.2, 0.25) is 0 Å². The van der Waals surface area contributed by atoms with Crippen molar-refractivity contribution < 1.29 is 14.7 Å². The van der Waals surface area contributed by atoms with Crippen LogP contribution in [0.2, 0.25) is 0 Å². The zero-order chi connectivity index (χ0) is 11.3. The summed E-state index contributed by atoms with van der Waals surface area (Å²) < 4.78 is 0. The van der Waals surface area contributed by atoms with Crippen LogP contribution in [0.25, 0.3) is 0 Å². The van der Waals surface area contributed by atoms with Gasteiger partial charge in [0, 0.05) is 38.0 Å². The molecule has 0 aromatic carbocycles. The molecule has 1 heterocycles. The molecule has 1 aliphatic heterocycles. The predicted octanol–water partition coefficient (Wildman–Crippen LogP) is 1.07. The Kier molecular flexibility index (Phi) is 4.49. The lowest BCUT2D eigenvalue weighted by atomic mass is 10.1. The summed E-state index contributed by atoms with van der Waals surface area (Å²) >= 11 is 0. The Morgan fingerprint density at radius 2 is 2.07 bits per heavy atom. The van der Waals surface area contributed by atoms with E-state index in [1.807, 2.05) is 6.92 Å². The largest absolute Gasteiger partial charge is 0.478 e. The SMILES string of the molecule is CCC(=CCN1CCC(=O)CC1)C(=O)O. The quantitative estimate of drug-likeness (QED) is 0.707. The number of nitrogens with zero attached hydrogens (tertiary/aromatic N) is 1. The summed E-state index contributed by atoms with van der Waals surface area (Å²) in [6.07, 6.45) is 3.49. The number of piperidine rings is 1. The highest BCUT2D eigenvalue weighted by Gasteiger charge is 2.15. The van der Waals surface area contributed by atoms with E-state index in [1.54, 1.807) is 6.08 Å². The number of hydrogen-bond donors (Lipinski definition) is 1. The molecule has 84 valence electrons. The van der Waals surface area contributed by atoms with Crippen LogP contribution >= 0.6 is 0 Å². The summed E-state index contributed by atoms with van der Waals surface area (Å²) in [4.78, 5) is 23.8. The lowest BCUT2D eigenvalue weighted by Crippen LogP contribution is -2.34. The number of carbonyl (C=O) groups excluding carboxylic acids is 1. The van der Waals surface area contributed by atoms with Gasteiger partial charge in [-0.05, 0) is 6.42 Å². The Morgan fingerprint density at radius 3 is 2.53 bits per heavy atom. The molecule has 0 saturated carbocycles. The van der Waals surface area contributed by atoms with Gasteiger partial charge in [-0.3, -0.25) is 9.69 Å². The van der Waals surface area contributed by atoms with E-state index in [-0.39, 0.29) is 0 Å². The Balaban J connectivity index is 2.41. The normalized spacial score (nSPS) is 19.3. The van der Waals surface area contributed by atoms with Crippen molar-refractivity contribution in [3.8, 4) is 0 Å². The molecule has 0 aliphatic carbocycles. The van der Waals surface area contributed by atoms with E-state index < -0.39 is 5.97 Å². The summed E-state index contributed by atoms with van der Waals surface area (Å²) in [6, 6.07) is 0. The maximum absolute atomic E-state index is 11.0. The lowest BCUT2D eigenvalue weighted by Gasteiger charge is -2.24. The minimum Gasteiger partial charge on any atom is -0.478 e. The Bertz CT molecular complexity index is 274. The number of likely N-dealkylation sites (tertiary alicyclic amines) is 1. The number of Topliss-reactive ketones (excluding diaryl/α,β-unsaturated/α-hetero) is 1. The highest BCUT2D eigenvalue weighted by Crippen LogP contribution is 2.07. The van der Waals surface area contributed by atoms with Gasteiger partial charge < -0.3 is 5.11 Å². The first-order valence-electron chi connectivity index (χ1n) is 5.30. The van der Waals surface area contributed by atoms with E-state index in [0.717, 1.165) is 13.1 Å². The average Bonchev–Trinajstić information content (AvgIpc) is 2.21. The van der Waals surface area contributed by atoms with Gasteiger partial charge in [0.1, 0.15) is 5.78 Å². The zero-order valence-corrected chi connectivity index (χ0v) is 9.03. The Hall–Kier alpha value is -1.16. The van der Waals surface area contributed by atoms with Crippen LogP contribution in [0.4, 0.5) is 0 Å². The van der Waals surface area contributed by atoms with E-state index in [1.165, 1.54) is 0 Å². The van der Waals surface area contributed by atoms with Crippen LogP contribution in [-0.2, 0) is 9.59 Å². The molecule has 0 aromatic heterocycles. The third kappa shape index (κ3) is 3.83. The van der Waals surface area contributed by atoms with E-state index in [0.29, 0.717) is 37.2 Å². The summed E-state index contributed by atoms with van der Waals surface area (Å²) in [7, 11) is 0. The van der Waals surface area contributed by atoms with Crippen molar-refractivity contribution in [2.45, 2.75) is 26.2 Å². The molecule has 1 aliphatic rings. The lowest BCUT2D eigenvalue weighted by molar-refractivity contribution is -0.132. The maximum atomic E-state index is 11.0. The van der Waals surface area contributed by atoms with E-state index in [2.05, 4.69) is 4.90 Å². The molecule has 4 nitrogen and oxygen atoms in total. The van der Waals surface area contributed by atoms with Gasteiger partial charge in [-0.2, -0.15) is 0 Å². The van der Waals surface area contributed by atoms with Crippen molar-refractivity contribution in [2.75, 3.05) is 19.6 Å². The number of rotatable bonds is 4. The number of ketones is 1. The van der Waals surface area contributed by atoms with Crippen molar-refractivity contribution in [3.05, 3.63) is 11.6 Å².